The third-order valence-corrected chi connectivity index (χ3v) is 2.50. The molecule has 0 heterocycles. The average molecular weight is 214 g/mol. The fourth-order valence-corrected chi connectivity index (χ4v) is 1.42. The third kappa shape index (κ3) is 2.28. The fraction of sp³-hybridized carbons (Fsp3) is 0.500. The fourth-order valence-electron chi connectivity index (χ4n) is 1.42. The van der Waals surface area contributed by atoms with Gasteiger partial charge in [0, 0.05) is 11.5 Å². The van der Waals surface area contributed by atoms with E-state index in [1.807, 2.05) is 0 Å². The Morgan fingerprint density at radius 3 is 2.27 bits per heavy atom. The summed E-state index contributed by atoms with van der Waals surface area (Å²) in [5.41, 5.74) is 0.783. The summed E-state index contributed by atoms with van der Waals surface area (Å²) < 4.78 is 32.3. The van der Waals surface area contributed by atoms with Crippen LogP contribution in [-0.2, 0) is 5.92 Å². The Labute approximate surface area is 89.1 Å². The Morgan fingerprint density at radius 2 is 1.87 bits per heavy atom. The van der Waals surface area contributed by atoms with Crippen LogP contribution >= 0.6 is 0 Å². The summed E-state index contributed by atoms with van der Waals surface area (Å²) in [6, 6.07) is 4.49. The van der Waals surface area contributed by atoms with Gasteiger partial charge in [0.1, 0.15) is 5.75 Å². The highest BCUT2D eigenvalue weighted by Crippen LogP contribution is 2.37. The first-order chi connectivity index (χ1) is 6.89. The van der Waals surface area contributed by atoms with E-state index in [0.29, 0.717) is 5.75 Å². The summed E-state index contributed by atoms with van der Waals surface area (Å²) in [5, 5.41) is 0. The highest BCUT2D eigenvalue weighted by Gasteiger charge is 2.35. The van der Waals surface area contributed by atoms with E-state index in [0.717, 1.165) is 5.56 Å². The number of methoxy groups -OCH3 is 1. The largest absolute Gasteiger partial charge is 0.496 e. The minimum atomic E-state index is -2.78. The number of hydrogen-bond acceptors (Lipinski definition) is 1. The van der Waals surface area contributed by atoms with Gasteiger partial charge in [-0.25, -0.2) is 8.78 Å². The molecule has 0 aliphatic carbocycles. The summed E-state index contributed by atoms with van der Waals surface area (Å²) in [5.74, 6) is -2.85. The molecule has 0 aliphatic rings. The van der Waals surface area contributed by atoms with Crippen LogP contribution < -0.4 is 4.74 Å². The summed E-state index contributed by atoms with van der Waals surface area (Å²) in [4.78, 5) is 0. The second kappa shape index (κ2) is 4.17. The molecular weight excluding hydrogens is 198 g/mol. The Balaban J connectivity index is 3.12. The van der Waals surface area contributed by atoms with E-state index < -0.39 is 11.8 Å². The Bertz CT molecular complexity index is 345. The first-order valence-corrected chi connectivity index (χ1v) is 4.92. The van der Waals surface area contributed by atoms with Gasteiger partial charge in [0.2, 0.25) is 0 Å². The molecule has 0 radical (unpaired) electrons. The third-order valence-electron chi connectivity index (χ3n) is 2.50. The van der Waals surface area contributed by atoms with Gasteiger partial charge in [0.25, 0.3) is 5.92 Å². The van der Waals surface area contributed by atoms with E-state index in [4.69, 9.17) is 4.74 Å². The number of rotatable bonds is 3. The summed E-state index contributed by atoms with van der Waals surface area (Å²) >= 11 is 0. The smallest absolute Gasteiger partial charge is 0.275 e. The lowest BCUT2D eigenvalue weighted by Gasteiger charge is -2.21. The Hall–Kier alpha value is -1.12. The first kappa shape index (κ1) is 12.0. The SMILES string of the molecule is COc1ccc(C(F)(F)C(C)C)cc1C. The Kier molecular flexibility index (Phi) is 3.32. The molecule has 0 aromatic heterocycles. The number of aryl methyl sites for hydroxylation is 1. The first-order valence-electron chi connectivity index (χ1n) is 4.92. The number of alkyl halides is 2. The lowest BCUT2D eigenvalue weighted by Crippen LogP contribution is -2.20. The zero-order valence-electron chi connectivity index (χ0n) is 9.47. The lowest BCUT2D eigenvalue weighted by molar-refractivity contribution is -0.0514. The van der Waals surface area contributed by atoms with Crippen LogP contribution in [0.3, 0.4) is 0 Å². The van der Waals surface area contributed by atoms with Crippen LogP contribution in [0, 0.1) is 12.8 Å². The molecule has 0 saturated heterocycles. The van der Waals surface area contributed by atoms with Crippen molar-refractivity contribution in [1.82, 2.24) is 0 Å². The van der Waals surface area contributed by atoms with Gasteiger partial charge in [0.15, 0.2) is 0 Å². The monoisotopic (exact) mass is 214 g/mol. The molecule has 0 fully saturated rings. The molecule has 15 heavy (non-hydrogen) atoms. The van der Waals surface area contributed by atoms with E-state index >= 15 is 0 Å². The van der Waals surface area contributed by atoms with E-state index in [1.54, 1.807) is 13.0 Å². The molecule has 0 unspecified atom stereocenters. The van der Waals surface area contributed by atoms with Gasteiger partial charge in [-0.15, -0.1) is 0 Å². The van der Waals surface area contributed by atoms with E-state index in [2.05, 4.69) is 0 Å². The number of hydrogen-bond donors (Lipinski definition) is 0. The average Bonchev–Trinajstić information content (AvgIpc) is 2.17. The van der Waals surface area contributed by atoms with Gasteiger partial charge < -0.3 is 4.74 Å². The lowest BCUT2D eigenvalue weighted by atomic mass is 9.96. The van der Waals surface area contributed by atoms with Gasteiger partial charge in [-0.3, -0.25) is 0 Å². The maximum atomic E-state index is 13.7. The molecule has 1 aromatic rings. The molecule has 0 bridgehead atoms. The highest BCUT2D eigenvalue weighted by atomic mass is 19.3. The standard InChI is InChI=1S/C12H16F2O/c1-8(2)12(13,14)10-5-6-11(15-4)9(3)7-10/h5-8H,1-4H3. The molecule has 0 amide bonds. The van der Waals surface area contributed by atoms with Crippen molar-refractivity contribution in [2.75, 3.05) is 7.11 Å². The number of halogens is 2. The van der Waals surface area contributed by atoms with Gasteiger partial charge >= 0.3 is 0 Å². The van der Waals surface area contributed by atoms with Crippen LogP contribution in [0.1, 0.15) is 25.0 Å². The van der Waals surface area contributed by atoms with Crippen molar-refractivity contribution in [1.29, 1.82) is 0 Å². The molecule has 0 spiro atoms. The van der Waals surface area contributed by atoms with Crippen LogP contribution in [-0.4, -0.2) is 7.11 Å². The van der Waals surface area contributed by atoms with Crippen molar-refractivity contribution in [2.45, 2.75) is 26.7 Å². The van der Waals surface area contributed by atoms with Gasteiger partial charge in [-0.05, 0) is 30.7 Å². The molecule has 0 N–H and O–H groups in total. The van der Waals surface area contributed by atoms with Gasteiger partial charge in [-0.1, -0.05) is 13.8 Å². The van der Waals surface area contributed by atoms with Crippen molar-refractivity contribution >= 4 is 0 Å². The van der Waals surface area contributed by atoms with Crippen molar-refractivity contribution < 1.29 is 13.5 Å². The maximum absolute atomic E-state index is 13.7. The number of benzene rings is 1. The topological polar surface area (TPSA) is 9.23 Å². The van der Waals surface area contributed by atoms with E-state index in [9.17, 15) is 8.78 Å². The summed E-state index contributed by atoms with van der Waals surface area (Å²) in [6.45, 7) is 4.79. The zero-order chi connectivity index (χ0) is 11.6. The molecule has 1 nitrogen and oxygen atoms in total. The minimum Gasteiger partial charge on any atom is -0.496 e. The van der Waals surface area contributed by atoms with Gasteiger partial charge in [0.05, 0.1) is 7.11 Å². The molecule has 3 heteroatoms. The molecule has 0 aliphatic heterocycles. The predicted molar refractivity (Wildman–Crippen MR) is 56.5 cm³/mol. The van der Waals surface area contributed by atoms with Crippen molar-refractivity contribution in [3.05, 3.63) is 29.3 Å². The molecule has 0 saturated carbocycles. The molecule has 0 atom stereocenters. The predicted octanol–water partition coefficient (Wildman–Crippen LogP) is 3.75. The molecule has 1 aromatic carbocycles. The van der Waals surface area contributed by atoms with Crippen LogP contribution in [0.25, 0.3) is 0 Å². The molecular formula is C12H16F2O. The second-order valence-corrected chi connectivity index (χ2v) is 3.96. The molecule has 1 rings (SSSR count). The summed E-state index contributed by atoms with van der Waals surface area (Å²) in [6.07, 6.45) is 0. The van der Waals surface area contributed by atoms with Crippen LogP contribution in [0.15, 0.2) is 18.2 Å². The van der Waals surface area contributed by atoms with Crippen molar-refractivity contribution in [3.63, 3.8) is 0 Å². The highest BCUT2D eigenvalue weighted by molar-refractivity contribution is 5.37. The second-order valence-electron chi connectivity index (χ2n) is 3.96. The quantitative estimate of drug-likeness (QED) is 0.744. The van der Waals surface area contributed by atoms with Crippen LogP contribution in [0.5, 0.6) is 5.75 Å². The van der Waals surface area contributed by atoms with Crippen LogP contribution in [0.2, 0.25) is 0 Å². The number of ether oxygens (including phenoxy) is 1. The Morgan fingerprint density at radius 1 is 1.27 bits per heavy atom. The molecule has 84 valence electrons. The van der Waals surface area contributed by atoms with Gasteiger partial charge in [-0.2, -0.15) is 0 Å². The summed E-state index contributed by atoms with van der Waals surface area (Å²) in [7, 11) is 1.53. The minimum absolute atomic E-state index is 0.0517. The maximum Gasteiger partial charge on any atom is 0.275 e. The zero-order valence-corrected chi connectivity index (χ0v) is 9.47. The van der Waals surface area contributed by atoms with Crippen molar-refractivity contribution in [2.24, 2.45) is 5.92 Å². The van der Waals surface area contributed by atoms with E-state index in [-0.39, 0.29) is 5.56 Å². The normalized spacial score (nSPS) is 11.9. The van der Waals surface area contributed by atoms with Crippen LogP contribution in [0.4, 0.5) is 8.78 Å². The van der Waals surface area contributed by atoms with Crippen molar-refractivity contribution in [3.8, 4) is 5.75 Å². The van der Waals surface area contributed by atoms with E-state index in [1.165, 1.54) is 33.1 Å².